The minimum Gasteiger partial charge on any atom is -0.482 e. The van der Waals surface area contributed by atoms with Crippen LogP contribution in [0.2, 0.25) is 0 Å². The van der Waals surface area contributed by atoms with Crippen LogP contribution in [-0.4, -0.2) is 50.1 Å². The van der Waals surface area contributed by atoms with Gasteiger partial charge in [0.2, 0.25) is 0 Å². The number of amides is 1. The molecule has 1 atom stereocenters. The lowest BCUT2D eigenvalue weighted by Gasteiger charge is -2.31. The fourth-order valence-corrected chi connectivity index (χ4v) is 2.67. The first-order valence-corrected chi connectivity index (χ1v) is 6.68. The van der Waals surface area contributed by atoms with Gasteiger partial charge in [-0.15, -0.1) is 0 Å². The van der Waals surface area contributed by atoms with Gasteiger partial charge in [0.05, 0.1) is 5.69 Å². The largest absolute Gasteiger partial charge is 0.482 e. The number of carbonyl (C=O) groups is 1. The standard InChI is InChI=1S/C14H19N3O2/c1-17-5-4-15-11(8-17)6-10-2-3-13-12(7-10)16-14(18)9-19-13/h2-3,7,11,15H,4-6,8-9H2,1H3,(H,16,18). The van der Waals surface area contributed by atoms with E-state index in [-0.39, 0.29) is 12.5 Å². The van der Waals surface area contributed by atoms with E-state index >= 15 is 0 Å². The number of hydrogen-bond donors (Lipinski definition) is 2. The van der Waals surface area contributed by atoms with E-state index in [0.29, 0.717) is 6.04 Å². The van der Waals surface area contributed by atoms with Crippen molar-refractivity contribution in [3.63, 3.8) is 0 Å². The Bertz CT molecular complexity index is 490. The van der Waals surface area contributed by atoms with Crippen LogP contribution in [0.4, 0.5) is 5.69 Å². The third-order valence-electron chi connectivity index (χ3n) is 3.62. The molecule has 5 heteroatoms. The van der Waals surface area contributed by atoms with Crippen molar-refractivity contribution in [1.29, 1.82) is 0 Å². The SMILES string of the molecule is CN1CCNC(Cc2ccc3c(c2)NC(=O)CO3)C1. The Labute approximate surface area is 112 Å². The second-order valence-electron chi connectivity index (χ2n) is 5.28. The Morgan fingerprint density at radius 2 is 2.37 bits per heavy atom. The first-order valence-electron chi connectivity index (χ1n) is 6.68. The summed E-state index contributed by atoms with van der Waals surface area (Å²) in [6.07, 6.45) is 0.966. The number of hydrogen-bond acceptors (Lipinski definition) is 4. The van der Waals surface area contributed by atoms with Crippen molar-refractivity contribution in [3.8, 4) is 5.75 Å². The smallest absolute Gasteiger partial charge is 0.262 e. The highest BCUT2D eigenvalue weighted by Crippen LogP contribution is 2.28. The fraction of sp³-hybridized carbons (Fsp3) is 0.500. The minimum absolute atomic E-state index is 0.0832. The molecule has 1 aromatic rings. The molecule has 1 unspecified atom stereocenters. The average Bonchev–Trinajstić information content (AvgIpc) is 2.38. The van der Waals surface area contributed by atoms with Crippen molar-refractivity contribution in [2.24, 2.45) is 0 Å². The van der Waals surface area contributed by atoms with Gasteiger partial charge < -0.3 is 20.3 Å². The topological polar surface area (TPSA) is 53.6 Å². The molecule has 1 saturated heterocycles. The molecule has 2 aliphatic rings. The lowest BCUT2D eigenvalue weighted by Crippen LogP contribution is -2.49. The molecule has 102 valence electrons. The number of benzene rings is 1. The lowest BCUT2D eigenvalue weighted by molar-refractivity contribution is -0.118. The van der Waals surface area contributed by atoms with E-state index in [4.69, 9.17) is 4.74 Å². The van der Waals surface area contributed by atoms with Crippen molar-refractivity contribution in [3.05, 3.63) is 23.8 Å². The van der Waals surface area contributed by atoms with E-state index in [1.54, 1.807) is 0 Å². The molecular formula is C14H19N3O2. The van der Waals surface area contributed by atoms with Gasteiger partial charge in [0, 0.05) is 25.7 Å². The van der Waals surface area contributed by atoms with Gasteiger partial charge in [-0.1, -0.05) is 6.07 Å². The van der Waals surface area contributed by atoms with E-state index in [0.717, 1.165) is 37.5 Å². The van der Waals surface area contributed by atoms with Crippen molar-refractivity contribution in [1.82, 2.24) is 10.2 Å². The van der Waals surface area contributed by atoms with Crippen LogP contribution in [0.1, 0.15) is 5.56 Å². The molecule has 2 N–H and O–H groups in total. The highest BCUT2D eigenvalue weighted by molar-refractivity contribution is 5.95. The fourth-order valence-electron chi connectivity index (χ4n) is 2.67. The highest BCUT2D eigenvalue weighted by atomic mass is 16.5. The number of fused-ring (bicyclic) bond motifs is 1. The summed E-state index contributed by atoms with van der Waals surface area (Å²) in [4.78, 5) is 13.7. The molecule has 0 saturated carbocycles. The Balaban J connectivity index is 1.71. The van der Waals surface area contributed by atoms with E-state index in [9.17, 15) is 4.79 Å². The summed E-state index contributed by atoms with van der Waals surface area (Å²) < 4.78 is 5.36. The Hall–Kier alpha value is -1.59. The molecule has 5 nitrogen and oxygen atoms in total. The molecule has 1 amide bonds. The number of nitrogens with one attached hydrogen (secondary N) is 2. The van der Waals surface area contributed by atoms with Crippen LogP contribution >= 0.6 is 0 Å². The van der Waals surface area contributed by atoms with E-state index in [1.807, 2.05) is 12.1 Å². The maximum Gasteiger partial charge on any atom is 0.262 e. The molecular weight excluding hydrogens is 242 g/mol. The second kappa shape index (κ2) is 5.19. The van der Waals surface area contributed by atoms with Crippen LogP contribution in [0.3, 0.4) is 0 Å². The van der Waals surface area contributed by atoms with Crippen LogP contribution in [0, 0.1) is 0 Å². The number of rotatable bonds is 2. The van der Waals surface area contributed by atoms with Crippen LogP contribution in [0.5, 0.6) is 5.75 Å². The second-order valence-corrected chi connectivity index (χ2v) is 5.28. The summed E-state index contributed by atoms with van der Waals surface area (Å²) in [6.45, 7) is 3.30. The molecule has 2 heterocycles. The molecule has 0 aliphatic carbocycles. The van der Waals surface area contributed by atoms with Gasteiger partial charge in [-0.25, -0.2) is 0 Å². The third-order valence-corrected chi connectivity index (χ3v) is 3.62. The molecule has 2 aliphatic heterocycles. The number of carbonyl (C=O) groups excluding carboxylic acids is 1. The predicted octanol–water partition coefficient (Wildman–Crippen LogP) is 0.464. The summed E-state index contributed by atoms with van der Waals surface area (Å²) in [7, 11) is 2.15. The Kier molecular flexibility index (Phi) is 3.40. The summed E-state index contributed by atoms with van der Waals surface area (Å²) in [6, 6.07) is 6.50. The van der Waals surface area contributed by atoms with Gasteiger partial charge in [0.25, 0.3) is 5.91 Å². The average molecular weight is 261 g/mol. The molecule has 1 fully saturated rings. The first-order chi connectivity index (χ1) is 9.20. The van der Waals surface area contributed by atoms with E-state index in [1.165, 1.54) is 5.56 Å². The van der Waals surface area contributed by atoms with Crippen LogP contribution in [0.15, 0.2) is 18.2 Å². The lowest BCUT2D eigenvalue weighted by atomic mass is 10.0. The predicted molar refractivity (Wildman–Crippen MR) is 73.6 cm³/mol. The number of ether oxygens (including phenoxy) is 1. The first kappa shape index (κ1) is 12.4. The van der Waals surface area contributed by atoms with Crippen molar-refractivity contribution in [2.75, 3.05) is 38.6 Å². The quantitative estimate of drug-likeness (QED) is 0.812. The molecule has 3 rings (SSSR count). The number of likely N-dealkylation sites (N-methyl/N-ethyl adjacent to an activating group) is 1. The minimum atomic E-state index is -0.0832. The maximum atomic E-state index is 11.3. The monoisotopic (exact) mass is 261 g/mol. The summed E-state index contributed by atoms with van der Waals surface area (Å²) >= 11 is 0. The molecule has 0 spiro atoms. The van der Waals surface area contributed by atoms with Gasteiger partial charge >= 0.3 is 0 Å². The van der Waals surface area contributed by atoms with Gasteiger partial charge in [0.15, 0.2) is 6.61 Å². The highest BCUT2D eigenvalue weighted by Gasteiger charge is 2.19. The Morgan fingerprint density at radius 3 is 3.21 bits per heavy atom. The maximum absolute atomic E-state index is 11.3. The third kappa shape index (κ3) is 2.88. The molecule has 1 aromatic carbocycles. The summed E-state index contributed by atoms with van der Waals surface area (Å²) in [5.41, 5.74) is 2.01. The zero-order valence-electron chi connectivity index (χ0n) is 11.1. The van der Waals surface area contributed by atoms with Crippen LogP contribution in [0.25, 0.3) is 0 Å². The number of anilines is 1. The molecule has 0 radical (unpaired) electrons. The van der Waals surface area contributed by atoms with Crippen LogP contribution < -0.4 is 15.4 Å². The Morgan fingerprint density at radius 1 is 1.47 bits per heavy atom. The summed E-state index contributed by atoms with van der Waals surface area (Å²) in [5.74, 6) is 0.678. The zero-order chi connectivity index (χ0) is 13.2. The van der Waals surface area contributed by atoms with Crippen molar-refractivity contribution in [2.45, 2.75) is 12.5 Å². The van der Waals surface area contributed by atoms with E-state index < -0.39 is 0 Å². The molecule has 0 aromatic heterocycles. The zero-order valence-corrected chi connectivity index (χ0v) is 11.1. The van der Waals surface area contributed by atoms with Crippen molar-refractivity contribution < 1.29 is 9.53 Å². The number of piperazine rings is 1. The summed E-state index contributed by atoms with van der Waals surface area (Å²) in [5, 5.41) is 6.38. The van der Waals surface area contributed by atoms with Crippen LogP contribution in [-0.2, 0) is 11.2 Å². The van der Waals surface area contributed by atoms with Gasteiger partial charge in [-0.05, 0) is 31.2 Å². The molecule has 0 bridgehead atoms. The normalized spacial score (nSPS) is 23.4. The number of nitrogens with zero attached hydrogens (tertiary/aromatic N) is 1. The van der Waals surface area contributed by atoms with E-state index in [2.05, 4.69) is 28.6 Å². The van der Waals surface area contributed by atoms with Gasteiger partial charge in [-0.2, -0.15) is 0 Å². The molecule has 19 heavy (non-hydrogen) atoms. The van der Waals surface area contributed by atoms with Crippen molar-refractivity contribution >= 4 is 11.6 Å². The van der Waals surface area contributed by atoms with Gasteiger partial charge in [0.1, 0.15) is 5.75 Å². The van der Waals surface area contributed by atoms with Gasteiger partial charge in [-0.3, -0.25) is 4.79 Å².